The van der Waals surface area contributed by atoms with E-state index in [1.807, 2.05) is 19.1 Å². The predicted octanol–water partition coefficient (Wildman–Crippen LogP) is 1.21. The van der Waals surface area contributed by atoms with Gasteiger partial charge in [-0.3, -0.25) is 0 Å². The topological polar surface area (TPSA) is 87.7 Å². The summed E-state index contributed by atoms with van der Waals surface area (Å²) in [4.78, 5) is 0. The molecule has 5 heteroatoms. The first kappa shape index (κ1) is 14.6. The maximum Gasteiger partial charge on any atom is 0.144 e. The number of ether oxygens (including phenoxy) is 1. The molecular weight excluding hydrogens is 232 g/mol. The van der Waals surface area contributed by atoms with Crippen molar-refractivity contribution < 1.29 is 14.9 Å². The Morgan fingerprint density at radius 2 is 2.17 bits per heavy atom. The van der Waals surface area contributed by atoms with Crippen LogP contribution in [0.5, 0.6) is 5.75 Å². The zero-order valence-corrected chi connectivity index (χ0v) is 10.9. The first-order valence-electron chi connectivity index (χ1n) is 6.08. The molecule has 0 aliphatic rings. The Morgan fingerprint density at radius 3 is 2.78 bits per heavy atom. The number of benzene rings is 1. The molecule has 0 spiro atoms. The lowest BCUT2D eigenvalue weighted by Gasteiger charge is -2.22. The maximum atomic E-state index is 9.70. The summed E-state index contributed by atoms with van der Waals surface area (Å²) in [6, 6.07) is 5.44. The monoisotopic (exact) mass is 254 g/mol. The lowest BCUT2D eigenvalue weighted by Crippen LogP contribution is -2.37. The minimum Gasteiger partial charge on any atom is -0.491 e. The summed E-state index contributed by atoms with van der Waals surface area (Å²) in [6.07, 6.45) is 0.913. The molecule has 0 aliphatic carbocycles. The van der Waals surface area contributed by atoms with Gasteiger partial charge in [0.15, 0.2) is 0 Å². The number of anilines is 2. The lowest BCUT2D eigenvalue weighted by atomic mass is 10.1. The van der Waals surface area contributed by atoms with Gasteiger partial charge in [-0.2, -0.15) is 0 Å². The molecule has 5 nitrogen and oxygen atoms in total. The Balaban J connectivity index is 2.71. The highest BCUT2D eigenvalue weighted by atomic mass is 16.5. The molecule has 0 saturated heterocycles. The molecule has 1 atom stereocenters. The standard InChI is InChI=1S/C13H22N2O3/c1-3-7-18-11-6-4-5-10(12(11)14)15-8-13(2,17)9-16/h4-6,15-17H,3,7-9,14H2,1-2H3. The van der Waals surface area contributed by atoms with Crippen LogP contribution in [0.4, 0.5) is 11.4 Å². The van der Waals surface area contributed by atoms with Crippen LogP contribution in [0, 0.1) is 0 Å². The number of nitrogen functional groups attached to an aromatic ring is 1. The van der Waals surface area contributed by atoms with E-state index in [0.717, 1.165) is 6.42 Å². The molecule has 0 heterocycles. The zero-order chi connectivity index (χ0) is 13.6. The summed E-state index contributed by atoms with van der Waals surface area (Å²) in [6.45, 7) is 4.09. The largest absolute Gasteiger partial charge is 0.491 e. The van der Waals surface area contributed by atoms with Crippen LogP contribution >= 0.6 is 0 Å². The van der Waals surface area contributed by atoms with Crippen LogP contribution in [-0.4, -0.2) is 35.6 Å². The van der Waals surface area contributed by atoms with Crippen LogP contribution in [-0.2, 0) is 0 Å². The number of aliphatic hydroxyl groups excluding tert-OH is 1. The molecule has 0 amide bonds. The number of nitrogens with one attached hydrogen (secondary N) is 1. The molecular formula is C13H22N2O3. The third kappa shape index (κ3) is 4.09. The number of rotatable bonds is 7. The fourth-order valence-corrected chi connectivity index (χ4v) is 1.38. The molecule has 5 N–H and O–H groups in total. The van der Waals surface area contributed by atoms with Crippen molar-refractivity contribution in [3.63, 3.8) is 0 Å². The van der Waals surface area contributed by atoms with Gasteiger partial charge in [0.2, 0.25) is 0 Å². The normalized spacial score (nSPS) is 14.0. The summed E-state index contributed by atoms with van der Waals surface area (Å²) in [5, 5.41) is 21.7. The fourth-order valence-electron chi connectivity index (χ4n) is 1.38. The van der Waals surface area contributed by atoms with E-state index in [2.05, 4.69) is 5.32 Å². The van der Waals surface area contributed by atoms with Gasteiger partial charge in [0, 0.05) is 6.54 Å². The molecule has 0 bridgehead atoms. The third-order valence-corrected chi connectivity index (χ3v) is 2.53. The van der Waals surface area contributed by atoms with Crippen LogP contribution < -0.4 is 15.8 Å². The SMILES string of the molecule is CCCOc1cccc(NCC(C)(O)CO)c1N. The van der Waals surface area contributed by atoms with Crippen LogP contribution in [0.15, 0.2) is 18.2 Å². The molecule has 102 valence electrons. The van der Waals surface area contributed by atoms with Crippen molar-refractivity contribution in [1.29, 1.82) is 0 Å². The quantitative estimate of drug-likeness (QED) is 0.549. The van der Waals surface area contributed by atoms with Crippen molar-refractivity contribution in [2.45, 2.75) is 25.9 Å². The molecule has 1 aromatic carbocycles. The van der Waals surface area contributed by atoms with Crippen LogP contribution in [0.25, 0.3) is 0 Å². The van der Waals surface area contributed by atoms with Gasteiger partial charge in [0.1, 0.15) is 11.4 Å². The zero-order valence-electron chi connectivity index (χ0n) is 10.9. The minimum absolute atomic E-state index is 0.213. The van der Waals surface area contributed by atoms with E-state index in [4.69, 9.17) is 15.6 Å². The van der Waals surface area contributed by atoms with E-state index >= 15 is 0 Å². The van der Waals surface area contributed by atoms with Gasteiger partial charge in [-0.15, -0.1) is 0 Å². The molecule has 1 aromatic rings. The average molecular weight is 254 g/mol. The Labute approximate surface area is 108 Å². The second-order valence-electron chi connectivity index (χ2n) is 4.57. The van der Waals surface area contributed by atoms with Crippen LogP contribution in [0.2, 0.25) is 0 Å². The second-order valence-corrected chi connectivity index (χ2v) is 4.57. The van der Waals surface area contributed by atoms with E-state index in [1.165, 1.54) is 0 Å². The molecule has 0 fully saturated rings. The number of hydrogen-bond acceptors (Lipinski definition) is 5. The summed E-state index contributed by atoms with van der Waals surface area (Å²) < 4.78 is 5.51. The number of aliphatic hydroxyl groups is 2. The van der Waals surface area contributed by atoms with Gasteiger partial charge < -0.3 is 26.0 Å². The van der Waals surface area contributed by atoms with E-state index in [9.17, 15) is 5.11 Å². The smallest absolute Gasteiger partial charge is 0.144 e. The molecule has 18 heavy (non-hydrogen) atoms. The average Bonchev–Trinajstić information content (AvgIpc) is 2.36. The summed E-state index contributed by atoms with van der Waals surface area (Å²) in [5.41, 5.74) is 5.99. The fraction of sp³-hybridized carbons (Fsp3) is 0.538. The maximum absolute atomic E-state index is 9.70. The highest BCUT2D eigenvalue weighted by Gasteiger charge is 2.19. The van der Waals surface area contributed by atoms with Crippen LogP contribution in [0.3, 0.4) is 0 Å². The molecule has 0 aliphatic heterocycles. The molecule has 0 aromatic heterocycles. The van der Waals surface area contributed by atoms with Crippen LogP contribution in [0.1, 0.15) is 20.3 Å². The highest BCUT2D eigenvalue weighted by molar-refractivity contribution is 5.73. The number of nitrogens with two attached hydrogens (primary N) is 1. The van der Waals surface area contributed by atoms with Gasteiger partial charge in [-0.05, 0) is 25.5 Å². The van der Waals surface area contributed by atoms with Crippen molar-refractivity contribution in [1.82, 2.24) is 0 Å². The van der Waals surface area contributed by atoms with Crippen molar-refractivity contribution in [2.24, 2.45) is 0 Å². The Hall–Kier alpha value is -1.46. The number of hydrogen-bond donors (Lipinski definition) is 4. The molecule has 0 radical (unpaired) electrons. The second kappa shape index (κ2) is 6.47. The van der Waals surface area contributed by atoms with E-state index in [0.29, 0.717) is 23.7 Å². The number of para-hydroxylation sites is 1. The van der Waals surface area contributed by atoms with E-state index in [-0.39, 0.29) is 13.2 Å². The minimum atomic E-state index is -1.17. The summed E-state index contributed by atoms with van der Waals surface area (Å²) in [5.74, 6) is 0.630. The van der Waals surface area contributed by atoms with Gasteiger partial charge in [-0.25, -0.2) is 0 Å². The van der Waals surface area contributed by atoms with Gasteiger partial charge >= 0.3 is 0 Å². The van der Waals surface area contributed by atoms with Gasteiger partial charge in [0.25, 0.3) is 0 Å². The van der Waals surface area contributed by atoms with Gasteiger partial charge in [0.05, 0.1) is 24.6 Å². The highest BCUT2D eigenvalue weighted by Crippen LogP contribution is 2.29. The van der Waals surface area contributed by atoms with Crippen molar-refractivity contribution in [2.75, 3.05) is 30.8 Å². The first-order valence-corrected chi connectivity index (χ1v) is 6.08. The Bertz CT molecular complexity index is 380. The Morgan fingerprint density at radius 1 is 1.44 bits per heavy atom. The lowest BCUT2D eigenvalue weighted by molar-refractivity contribution is 0.0132. The summed E-state index contributed by atoms with van der Waals surface area (Å²) >= 11 is 0. The third-order valence-electron chi connectivity index (χ3n) is 2.53. The molecule has 1 rings (SSSR count). The first-order chi connectivity index (χ1) is 8.50. The van der Waals surface area contributed by atoms with Gasteiger partial charge in [-0.1, -0.05) is 13.0 Å². The van der Waals surface area contributed by atoms with E-state index < -0.39 is 5.60 Å². The van der Waals surface area contributed by atoms with Crippen molar-refractivity contribution in [3.05, 3.63) is 18.2 Å². The molecule has 0 saturated carbocycles. The van der Waals surface area contributed by atoms with E-state index in [1.54, 1.807) is 13.0 Å². The van der Waals surface area contributed by atoms with Crippen molar-refractivity contribution >= 4 is 11.4 Å². The summed E-state index contributed by atoms with van der Waals surface area (Å²) in [7, 11) is 0. The van der Waals surface area contributed by atoms with Crippen molar-refractivity contribution in [3.8, 4) is 5.75 Å². The Kier molecular flexibility index (Phi) is 5.25. The predicted molar refractivity (Wildman–Crippen MR) is 72.8 cm³/mol. The molecule has 1 unspecified atom stereocenters.